The third-order valence-corrected chi connectivity index (χ3v) is 5.18. The average molecular weight is 351 g/mol. The van der Waals surface area contributed by atoms with Crippen molar-refractivity contribution < 1.29 is 14.9 Å². The molecule has 1 aromatic rings. The van der Waals surface area contributed by atoms with Gasteiger partial charge in [0.25, 0.3) is 0 Å². The van der Waals surface area contributed by atoms with E-state index in [-0.39, 0.29) is 13.2 Å². The zero-order valence-corrected chi connectivity index (χ0v) is 15.0. The molecule has 0 bridgehead atoms. The standard InChI is InChI=1S/C17H29N5O3/c1-2-25-17-19-15(21-7-3-13(11-23)4-8-21)18-16(20-17)22-9-5-14(12-24)6-10-22/h13-14,23-24H,2-12H2,1H3. The number of nitrogens with zero attached hydrogens (tertiary/aromatic N) is 5. The summed E-state index contributed by atoms with van der Waals surface area (Å²) in [5.41, 5.74) is 0. The Hall–Kier alpha value is -1.67. The third-order valence-electron chi connectivity index (χ3n) is 5.18. The number of hydrogen-bond donors (Lipinski definition) is 2. The minimum absolute atomic E-state index is 0.250. The smallest absolute Gasteiger partial charge is 0.323 e. The summed E-state index contributed by atoms with van der Waals surface area (Å²) in [6, 6.07) is 0.371. The minimum Gasteiger partial charge on any atom is -0.464 e. The Balaban J connectivity index is 1.75. The van der Waals surface area contributed by atoms with Gasteiger partial charge in [-0.15, -0.1) is 0 Å². The molecule has 3 heterocycles. The normalized spacial score (nSPS) is 20.1. The lowest BCUT2D eigenvalue weighted by atomic mass is 9.98. The lowest BCUT2D eigenvalue weighted by molar-refractivity contribution is 0.202. The second kappa shape index (κ2) is 8.62. The Morgan fingerprint density at radius 1 is 0.840 bits per heavy atom. The van der Waals surface area contributed by atoms with E-state index < -0.39 is 0 Å². The summed E-state index contributed by atoms with van der Waals surface area (Å²) in [6.07, 6.45) is 3.79. The molecule has 2 aliphatic rings. The molecule has 0 radical (unpaired) electrons. The second-order valence-corrected chi connectivity index (χ2v) is 6.88. The Labute approximate surface area is 148 Å². The van der Waals surface area contributed by atoms with Crippen LogP contribution in [0.3, 0.4) is 0 Å². The predicted octanol–water partition coefficient (Wildman–Crippen LogP) is 0.688. The van der Waals surface area contributed by atoms with Gasteiger partial charge in [0.15, 0.2) is 0 Å². The van der Waals surface area contributed by atoms with Crippen LogP contribution in [0.5, 0.6) is 6.01 Å². The molecule has 0 aliphatic carbocycles. The van der Waals surface area contributed by atoms with Crippen LogP contribution in [-0.4, -0.2) is 71.2 Å². The van der Waals surface area contributed by atoms with E-state index in [0.29, 0.717) is 36.3 Å². The maximum Gasteiger partial charge on any atom is 0.323 e. The van der Waals surface area contributed by atoms with Gasteiger partial charge in [-0.25, -0.2) is 0 Å². The highest BCUT2D eigenvalue weighted by Crippen LogP contribution is 2.26. The second-order valence-electron chi connectivity index (χ2n) is 6.88. The summed E-state index contributed by atoms with van der Waals surface area (Å²) in [5.74, 6) is 2.08. The van der Waals surface area contributed by atoms with Crippen LogP contribution in [0.25, 0.3) is 0 Å². The summed E-state index contributed by atoms with van der Waals surface area (Å²) in [7, 11) is 0. The molecule has 25 heavy (non-hydrogen) atoms. The zero-order chi connectivity index (χ0) is 17.6. The van der Waals surface area contributed by atoms with Crippen LogP contribution in [0.1, 0.15) is 32.6 Å². The number of aliphatic hydroxyl groups excluding tert-OH is 2. The Bertz CT molecular complexity index is 501. The molecule has 140 valence electrons. The molecule has 1 aromatic heterocycles. The van der Waals surface area contributed by atoms with Gasteiger partial charge in [-0.1, -0.05) is 0 Å². The fraction of sp³-hybridized carbons (Fsp3) is 0.824. The topological polar surface area (TPSA) is 94.8 Å². The molecule has 0 atom stereocenters. The fourth-order valence-corrected chi connectivity index (χ4v) is 3.44. The highest BCUT2D eigenvalue weighted by molar-refractivity contribution is 5.41. The van der Waals surface area contributed by atoms with Gasteiger partial charge in [0.1, 0.15) is 0 Å². The van der Waals surface area contributed by atoms with E-state index >= 15 is 0 Å². The molecule has 0 amide bonds. The van der Waals surface area contributed by atoms with Crippen molar-refractivity contribution in [2.75, 3.05) is 55.8 Å². The molecule has 0 saturated carbocycles. The summed E-state index contributed by atoms with van der Waals surface area (Å²) >= 11 is 0. The summed E-state index contributed by atoms with van der Waals surface area (Å²) < 4.78 is 5.56. The molecule has 0 unspecified atom stereocenters. The number of hydrogen-bond acceptors (Lipinski definition) is 8. The van der Waals surface area contributed by atoms with Gasteiger partial charge < -0.3 is 24.7 Å². The van der Waals surface area contributed by atoms with Gasteiger partial charge in [0.2, 0.25) is 11.9 Å². The lowest BCUT2D eigenvalue weighted by Gasteiger charge is -2.33. The molecule has 0 spiro atoms. The van der Waals surface area contributed by atoms with Gasteiger partial charge in [-0.3, -0.25) is 0 Å². The van der Waals surface area contributed by atoms with Crippen LogP contribution in [0.2, 0.25) is 0 Å². The SMILES string of the molecule is CCOc1nc(N2CCC(CO)CC2)nc(N2CCC(CO)CC2)n1. The molecule has 8 nitrogen and oxygen atoms in total. The van der Waals surface area contributed by atoms with E-state index in [1.54, 1.807) is 0 Å². The van der Waals surface area contributed by atoms with Crippen LogP contribution in [0, 0.1) is 11.8 Å². The first-order valence-corrected chi connectivity index (χ1v) is 9.34. The van der Waals surface area contributed by atoms with Crippen LogP contribution in [0.15, 0.2) is 0 Å². The van der Waals surface area contributed by atoms with E-state index in [1.165, 1.54) is 0 Å². The van der Waals surface area contributed by atoms with Gasteiger partial charge in [-0.05, 0) is 44.4 Å². The molecule has 2 fully saturated rings. The molecule has 2 N–H and O–H groups in total. The quantitative estimate of drug-likeness (QED) is 0.773. The summed E-state index contributed by atoms with van der Waals surface area (Å²) in [5, 5.41) is 18.6. The molecule has 3 rings (SSSR count). The molecule has 8 heteroatoms. The van der Waals surface area contributed by atoms with E-state index in [9.17, 15) is 10.2 Å². The highest BCUT2D eigenvalue weighted by atomic mass is 16.5. The van der Waals surface area contributed by atoms with E-state index in [2.05, 4.69) is 24.8 Å². The number of aliphatic hydroxyl groups is 2. The van der Waals surface area contributed by atoms with Crippen molar-refractivity contribution in [1.82, 2.24) is 15.0 Å². The summed E-state index contributed by atoms with van der Waals surface area (Å²) in [4.78, 5) is 17.9. The number of aromatic nitrogens is 3. The van der Waals surface area contributed by atoms with Crippen LogP contribution >= 0.6 is 0 Å². The first-order chi connectivity index (χ1) is 12.2. The fourth-order valence-electron chi connectivity index (χ4n) is 3.44. The minimum atomic E-state index is 0.250. The number of ether oxygens (including phenoxy) is 1. The first-order valence-electron chi connectivity index (χ1n) is 9.34. The van der Waals surface area contributed by atoms with E-state index in [1.807, 2.05) is 6.92 Å². The summed E-state index contributed by atoms with van der Waals surface area (Å²) in [6.45, 7) is 6.30. The molecular weight excluding hydrogens is 322 g/mol. The first kappa shape index (κ1) is 18.1. The monoisotopic (exact) mass is 351 g/mol. The number of rotatable bonds is 6. The molecular formula is C17H29N5O3. The van der Waals surface area contributed by atoms with Gasteiger partial charge in [0, 0.05) is 39.4 Å². The average Bonchev–Trinajstić information content (AvgIpc) is 2.68. The maximum absolute atomic E-state index is 9.31. The molecule has 2 aliphatic heterocycles. The Morgan fingerprint density at radius 2 is 1.28 bits per heavy atom. The number of piperidine rings is 2. The van der Waals surface area contributed by atoms with Gasteiger partial charge in [-0.2, -0.15) is 15.0 Å². The maximum atomic E-state index is 9.31. The zero-order valence-electron chi connectivity index (χ0n) is 15.0. The highest BCUT2D eigenvalue weighted by Gasteiger charge is 2.25. The van der Waals surface area contributed by atoms with E-state index in [0.717, 1.165) is 51.9 Å². The van der Waals surface area contributed by atoms with Crippen molar-refractivity contribution in [3.05, 3.63) is 0 Å². The Kier molecular flexibility index (Phi) is 6.25. The van der Waals surface area contributed by atoms with Crippen LogP contribution in [0.4, 0.5) is 11.9 Å². The third kappa shape index (κ3) is 4.49. The van der Waals surface area contributed by atoms with Crippen molar-refractivity contribution >= 4 is 11.9 Å². The lowest BCUT2D eigenvalue weighted by Crippen LogP contribution is -2.38. The van der Waals surface area contributed by atoms with Gasteiger partial charge in [0.05, 0.1) is 6.61 Å². The van der Waals surface area contributed by atoms with E-state index in [4.69, 9.17) is 4.74 Å². The van der Waals surface area contributed by atoms with Crippen molar-refractivity contribution in [1.29, 1.82) is 0 Å². The van der Waals surface area contributed by atoms with Crippen LogP contribution in [-0.2, 0) is 0 Å². The molecule has 0 aromatic carbocycles. The van der Waals surface area contributed by atoms with Gasteiger partial charge >= 0.3 is 6.01 Å². The van der Waals surface area contributed by atoms with Crippen molar-refractivity contribution in [3.8, 4) is 6.01 Å². The van der Waals surface area contributed by atoms with Crippen molar-refractivity contribution in [3.63, 3.8) is 0 Å². The largest absolute Gasteiger partial charge is 0.464 e. The van der Waals surface area contributed by atoms with Crippen LogP contribution < -0.4 is 14.5 Å². The van der Waals surface area contributed by atoms with Crippen molar-refractivity contribution in [2.24, 2.45) is 11.8 Å². The van der Waals surface area contributed by atoms with Crippen molar-refractivity contribution in [2.45, 2.75) is 32.6 Å². The number of anilines is 2. The predicted molar refractivity (Wildman–Crippen MR) is 95.0 cm³/mol. The molecule has 2 saturated heterocycles. The Morgan fingerprint density at radius 3 is 1.64 bits per heavy atom.